The van der Waals surface area contributed by atoms with Crippen LogP contribution in [-0.4, -0.2) is 53.9 Å². The maximum atomic E-state index is 12.7. The molecule has 8 heteroatoms. The molecule has 146 valence electrons. The molecular formula is C19H22F3N3O2. The molecule has 5 nitrogen and oxygen atoms in total. The molecule has 1 aromatic heterocycles. The maximum Gasteiger partial charge on any atom is 0.416 e. The first-order valence-corrected chi connectivity index (χ1v) is 9.16. The normalized spacial score (nSPS) is 22.9. The molecule has 3 heterocycles. The van der Waals surface area contributed by atoms with Crippen LogP contribution in [0.15, 0.2) is 30.5 Å². The number of hydrogen-bond acceptors (Lipinski definition) is 4. The summed E-state index contributed by atoms with van der Waals surface area (Å²) in [5.74, 6) is 0.788. The van der Waals surface area contributed by atoms with E-state index in [1.54, 1.807) is 6.20 Å². The van der Waals surface area contributed by atoms with Crippen LogP contribution in [0.4, 0.5) is 13.2 Å². The molecule has 1 N–H and O–H groups in total. The van der Waals surface area contributed by atoms with Crippen LogP contribution in [0.5, 0.6) is 0 Å². The average molecular weight is 381 g/mol. The lowest BCUT2D eigenvalue weighted by Gasteiger charge is -2.41. The molecule has 2 aliphatic heterocycles. The second kappa shape index (κ2) is 7.61. The van der Waals surface area contributed by atoms with Crippen molar-refractivity contribution >= 4 is 0 Å². The van der Waals surface area contributed by atoms with Crippen molar-refractivity contribution in [1.29, 1.82) is 0 Å². The molecule has 0 amide bonds. The van der Waals surface area contributed by atoms with Crippen LogP contribution in [-0.2, 0) is 15.7 Å². The fraction of sp³-hybridized carbons (Fsp3) is 0.526. The first-order chi connectivity index (χ1) is 13.0. The molecule has 0 aliphatic carbocycles. The Bertz CT molecular complexity index is 754. The predicted molar refractivity (Wildman–Crippen MR) is 93.1 cm³/mol. The van der Waals surface area contributed by atoms with Crippen LogP contribution in [0, 0.1) is 0 Å². The molecule has 2 aliphatic rings. The summed E-state index contributed by atoms with van der Waals surface area (Å²) < 4.78 is 49.4. The van der Waals surface area contributed by atoms with Crippen molar-refractivity contribution in [3.8, 4) is 11.3 Å². The fourth-order valence-electron chi connectivity index (χ4n) is 3.80. The van der Waals surface area contributed by atoms with Crippen molar-refractivity contribution in [2.24, 2.45) is 0 Å². The number of nitrogens with zero attached hydrogens (tertiary/aromatic N) is 2. The van der Waals surface area contributed by atoms with E-state index in [1.807, 2.05) is 0 Å². The van der Waals surface area contributed by atoms with Gasteiger partial charge in [-0.15, -0.1) is 0 Å². The molecule has 2 saturated heterocycles. The minimum Gasteiger partial charge on any atom is -0.381 e. The molecule has 27 heavy (non-hydrogen) atoms. The van der Waals surface area contributed by atoms with E-state index >= 15 is 0 Å². The van der Waals surface area contributed by atoms with Crippen molar-refractivity contribution in [3.63, 3.8) is 0 Å². The van der Waals surface area contributed by atoms with Crippen LogP contribution >= 0.6 is 0 Å². The SMILES string of the molecule is FC(F)(F)c1ccc(-c2cnc(C3COCCN3C3CCOCC3)[nH]2)cc1. The third kappa shape index (κ3) is 4.02. The number of aromatic amines is 1. The molecule has 0 bridgehead atoms. The number of imidazole rings is 1. The van der Waals surface area contributed by atoms with E-state index in [0.717, 1.165) is 50.6 Å². The minimum absolute atomic E-state index is 0.0186. The van der Waals surface area contributed by atoms with Gasteiger partial charge in [-0.05, 0) is 30.5 Å². The fourth-order valence-corrected chi connectivity index (χ4v) is 3.80. The number of benzene rings is 1. The lowest BCUT2D eigenvalue weighted by atomic mass is 10.0. The lowest BCUT2D eigenvalue weighted by molar-refractivity contribution is -0.137. The van der Waals surface area contributed by atoms with E-state index in [1.165, 1.54) is 12.1 Å². The zero-order chi connectivity index (χ0) is 18.9. The van der Waals surface area contributed by atoms with E-state index in [9.17, 15) is 13.2 Å². The van der Waals surface area contributed by atoms with Gasteiger partial charge in [0.2, 0.25) is 0 Å². The maximum absolute atomic E-state index is 12.7. The zero-order valence-electron chi connectivity index (χ0n) is 14.8. The largest absolute Gasteiger partial charge is 0.416 e. The molecule has 0 radical (unpaired) electrons. The quantitative estimate of drug-likeness (QED) is 0.882. The number of hydrogen-bond donors (Lipinski definition) is 1. The molecule has 0 saturated carbocycles. The Morgan fingerprint density at radius 3 is 2.48 bits per heavy atom. The Kier molecular flexibility index (Phi) is 5.21. The first-order valence-electron chi connectivity index (χ1n) is 9.16. The minimum atomic E-state index is -4.33. The molecule has 1 unspecified atom stereocenters. The third-order valence-electron chi connectivity index (χ3n) is 5.26. The number of rotatable bonds is 3. The summed E-state index contributed by atoms with van der Waals surface area (Å²) >= 11 is 0. The van der Waals surface area contributed by atoms with Gasteiger partial charge < -0.3 is 14.5 Å². The summed E-state index contributed by atoms with van der Waals surface area (Å²) in [5, 5.41) is 0. The zero-order valence-corrected chi connectivity index (χ0v) is 14.8. The number of morpholine rings is 1. The summed E-state index contributed by atoms with van der Waals surface area (Å²) in [6.45, 7) is 3.62. The number of alkyl halides is 3. The Morgan fingerprint density at radius 1 is 1.04 bits per heavy atom. The number of aromatic nitrogens is 2. The van der Waals surface area contributed by atoms with E-state index in [4.69, 9.17) is 9.47 Å². The van der Waals surface area contributed by atoms with Gasteiger partial charge in [0.05, 0.1) is 36.7 Å². The van der Waals surface area contributed by atoms with Crippen molar-refractivity contribution in [1.82, 2.24) is 14.9 Å². The van der Waals surface area contributed by atoms with Crippen LogP contribution in [0.2, 0.25) is 0 Å². The van der Waals surface area contributed by atoms with Crippen molar-refractivity contribution in [3.05, 3.63) is 41.9 Å². The molecule has 2 fully saturated rings. The molecule has 1 atom stereocenters. The summed E-state index contributed by atoms with van der Waals surface area (Å²) in [6, 6.07) is 5.57. The van der Waals surface area contributed by atoms with Gasteiger partial charge >= 0.3 is 6.18 Å². The van der Waals surface area contributed by atoms with Crippen molar-refractivity contribution < 1.29 is 22.6 Å². The number of ether oxygens (including phenoxy) is 2. The lowest BCUT2D eigenvalue weighted by Crippen LogP contribution is -2.48. The topological polar surface area (TPSA) is 50.4 Å². The Hall–Kier alpha value is -1.90. The molecule has 0 spiro atoms. The van der Waals surface area contributed by atoms with Crippen LogP contribution < -0.4 is 0 Å². The van der Waals surface area contributed by atoms with Gasteiger partial charge in [-0.25, -0.2) is 4.98 Å². The van der Waals surface area contributed by atoms with Crippen LogP contribution in [0.1, 0.15) is 30.3 Å². The van der Waals surface area contributed by atoms with Crippen LogP contribution in [0.3, 0.4) is 0 Å². The van der Waals surface area contributed by atoms with Gasteiger partial charge in [0.15, 0.2) is 0 Å². The van der Waals surface area contributed by atoms with E-state index < -0.39 is 11.7 Å². The van der Waals surface area contributed by atoms with Gasteiger partial charge in [0.25, 0.3) is 0 Å². The predicted octanol–water partition coefficient (Wildman–Crippen LogP) is 3.65. The number of H-pyrrole nitrogens is 1. The van der Waals surface area contributed by atoms with Gasteiger partial charge in [0, 0.05) is 25.8 Å². The monoisotopic (exact) mass is 381 g/mol. The van der Waals surface area contributed by atoms with E-state index in [-0.39, 0.29) is 6.04 Å². The molecule has 2 aromatic rings. The Balaban J connectivity index is 1.53. The average Bonchev–Trinajstić information content (AvgIpc) is 3.18. The van der Waals surface area contributed by atoms with Gasteiger partial charge in [-0.3, -0.25) is 4.90 Å². The van der Waals surface area contributed by atoms with Gasteiger partial charge in [-0.1, -0.05) is 12.1 Å². The summed E-state index contributed by atoms with van der Waals surface area (Å²) in [5.41, 5.74) is 0.727. The van der Waals surface area contributed by atoms with E-state index in [0.29, 0.717) is 30.5 Å². The van der Waals surface area contributed by atoms with Crippen LogP contribution in [0.25, 0.3) is 11.3 Å². The molecule has 4 rings (SSSR count). The molecule has 1 aromatic carbocycles. The Labute approximate surface area is 155 Å². The number of nitrogens with one attached hydrogen (secondary N) is 1. The van der Waals surface area contributed by atoms with Crippen molar-refractivity contribution in [2.45, 2.75) is 31.1 Å². The van der Waals surface area contributed by atoms with Crippen molar-refractivity contribution in [2.75, 3.05) is 33.0 Å². The van der Waals surface area contributed by atoms with Gasteiger partial charge in [0.1, 0.15) is 5.82 Å². The second-order valence-electron chi connectivity index (χ2n) is 6.93. The molecular weight excluding hydrogens is 359 g/mol. The second-order valence-corrected chi connectivity index (χ2v) is 6.93. The third-order valence-corrected chi connectivity index (χ3v) is 5.26. The standard InChI is InChI=1S/C19H22F3N3O2/c20-19(21,22)14-3-1-13(2-4-14)16-11-23-18(24-16)17-12-27-10-7-25(17)15-5-8-26-9-6-15/h1-4,11,15,17H,5-10,12H2,(H,23,24). The highest BCUT2D eigenvalue weighted by atomic mass is 19.4. The Morgan fingerprint density at radius 2 is 1.78 bits per heavy atom. The summed E-state index contributed by atoms with van der Waals surface area (Å²) in [6.07, 6.45) is -0.679. The van der Waals surface area contributed by atoms with Gasteiger partial charge in [-0.2, -0.15) is 13.2 Å². The smallest absolute Gasteiger partial charge is 0.381 e. The highest BCUT2D eigenvalue weighted by Crippen LogP contribution is 2.32. The summed E-state index contributed by atoms with van der Waals surface area (Å²) in [4.78, 5) is 10.2. The number of halogens is 3. The highest BCUT2D eigenvalue weighted by molar-refractivity contribution is 5.59. The first kappa shape index (κ1) is 18.5. The highest BCUT2D eigenvalue weighted by Gasteiger charge is 2.33. The summed E-state index contributed by atoms with van der Waals surface area (Å²) in [7, 11) is 0. The van der Waals surface area contributed by atoms with E-state index in [2.05, 4.69) is 14.9 Å².